The van der Waals surface area contributed by atoms with E-state index >= 15 is 0 Å². The first kappa shape index (κ1) is 26.2. The molecule has 13 heteroatoms. The number of ether oxygens (including phenoxy) is 1. The monoisotopic (exact) mass is 537 g/mol. The Bertz CT molecular complexity index is 1490. The second-order valence-electron chi connectivity index (χ2n) is 9.86. The van der Waals surface area contributed by atoms with Crippen molar-refractivity contribution in [2.24, 2.45) is 7.05 Å². The first-order valence-electron chi connectivity index (χ1n) is 13.0. The molecule has 0 unspecified atom stereocenters. The van der Waals surface area contributed by atoms with Gasteiger partial charge in [-0.25, -0.2) is 14.6 Å². The molecule has 2 aliphatic rings. The van der Waals surface area contributed by atoms with Gasteiger partial charge in [0.15, 0.2) is 5.65 Å². The Morgan fingerprint density at radius 2 is 1.74 bits per heavy atom. The van der Waals surface area contributed by atoms with Gasteiger partial charge in [-0.1, -0.05) is 30.3 Å². The number of piperidine rings is 1. The van der Waals surface area contributed by atoms with Gasteiger partial charge in [0, 0.05) is 52.1 Å². The zero-order valence-corrected chi connectivity index (χ0v) is 21.7. The Morgan fingerprint density at radius 3 is 2.46 bits per heavy atom. The van der Waals surface area contributed by atoms with Crippen molar-refractivity contribution >= 4 is 29.1 Å². The van der Waals surface area contributed by atoms with E-state index in [9.17, 15) is 24.0 Å². The molecule has 0 atom stereocenters. The summed E-state index contributed by atoms with van der Waals surface area (Å²) in [5.74, 6) is 0.135. The predicted octanol–water partition coefficient (Wildman–Crippen LogP) is 0.355. The molecule has 1 aromatic carbocycles. The number of piperazine rings is 1. The van der Waals surface area contributed by atoms with Crippen molar-refractivity contribution in [2.75, 3.05) is 32.7 Å². The summed E-state index contributed by atoms with van der Waals surface area (Å²) in [6, 6.07) is 9.53. The van der Waals surface area contributed by atoms with Crippen LogP contribution in [0.15, 0.2) is 39.9 Å². The van der Waals surface area contributed by atoms with Crippen LogP contribution in [0.25, 0.3) is 11.2 Å². The molecule has 0 spiro atoms. The number of carbonyl (C=O) groups excluding carboxylic acids is 3. The van der Waals surface area contributed by atoms with Crippen molar-refractivity contribution in [1.82, 2.24) is 34.2 Å². The average molecular weight is 538 g/mol. The number of aromatic nitrogens is 4. The summed E-state index contributed by atoms with van der Waals surface area (Å²) < 4.78 is 6.65. The quantitative estimate of drug-likeness (QED) is 0.460. The molecule has 2 fully saturated rings. The molecule has 206 valence electrons. The standard InChI is InChI=1S/C26H31N7O6/c1-30-23-22(24(36)29-25(30)37)27-19(28-23)7-8-20(34)32-13-14-33(21(35)15-32)18-9-11-31(12-10-18)26(38)39-16-17-5-3-2-4-6-17/h2-6,18H,7-16H2,1H3,(H,27,28)(H,29,36,37). The lowest BCUT2D eigenvalue weighted by Crippen LogP contribution is -2.57. The molecule has 5 rings (SSSR count). The van der Waals surface area contributed by atoms with Crippen molar-refractivity contribution in [3.05, 3.63) is 62.6 Å². The number of aryl methyl sites for hydroxylation is 2. The van der Waals surface area contributed by atoms with E-state index in [1.54, 1.807) is 9.80 Å². The first-order chi connectivity index (χ1) is 18.8. The normalized spacial score (nSPS) is 16.6. The number of hydrogen-bond donors (Lipinski definition) is 2. The van der Waals surface area contributed by atoms with Crippen LogP contribution in [0, 0.1) is 0 Å². The minimum atomic E-state index is -0.563. The van der Waals surface area contributed by atoms with Crippen LogP contribution in [0.3, 0.4) is 0 Å². The number of aromatic amines is 2. The number of carbonyl (C=O) groups is 3. The van der Waals surface area contributed by atoms with Crippen LogP contribution < -0.4 is 11.2 Å². The van der Waals surface area contributed by atoms with Gasteiger partial charge in [0.1, 0.15) is 17.9 Å². The van der Waals surface area contributed by atoms with E-state index < -0.39 is 11.2 Å². The fourth-order valence-corrected chi connectivity index (χ4v) is 5.11. The lowest BCUT2D eigenvalue weighted by molar-refractivity contribution is -0.147. The van der Waals surface area contributed by atoms with E-state index in [-0.39, 0.29) is 61.1 Å². The van der Waals surface area contributed by atoms with E-state index in [1.807, 2.05) is 35.2 Å². The van der Waals surface area contributed by atoms with Crippen molar-refractivity contribution in [3.8, 4) is 0 Å². The third kappa shape index (κ3) is 5.71. The Balaban J connectivity index is 1.08. The molecular weight excluding hydrogens is 506 g/mol. The molecule has 2 aromatic heterocycles. The number of benzene rings is 1. The second-order valence-corrected chi connectivity index (χ2v) is 9.86. The highest BCUT2D eigenvalue weighted by Gasteiger charge is 2.34. The highest BCUT2D eigenvalue weighted by Crippen LogP contribution is 2.20. The number of likely N-dealkylation sites (tertiary alicyclic amines) is 1. The van der Waals surface area contributed by atoms with Gasteiger partial charge in [-0.3, -0.25) is 23.9 Å². The lowest BCUT2D eigenvalue weighted by Gasteiger charge is -2.42. The highest BCUT2D eigenvalue weighted by molar-refractivity contribution is 5.86. The average Bonchev–Trinajstić information content (AvgIpc) is 3.39. The molecule has 39 heavy (non-hydrogen) atoms. The summed E-state index contributed by atoms with van der Waals surface area (Å²) >= 11 is 0. The van der Waals surface area contributed by atoms with E-state index in [2.05, 4.69) is 15.0 Å². The number of nitrogens with zero attached hydrogens (tertiary/aromatic N) is 5. The number of imidazole rings is 1. The first-order valence-corrected chi connectivity index (χ1v) is 13.0. The predicted molar refractivity (Wildman–Crippen MR) is 140 cm³/mol. The SMILES string of the molecule is Cn1c(=O)[nH]c(=O)c2[nH]c(CCC(=O)N3CCN(C4CCN(C(=O)OCc5ccccc5)CC4)C(=O)C3)nc21. The van der Waals surface area contributed by atoms with E-state index in [0.29, 0.717) is 44.8 Å². The van der Waals surface area contributed by atoms with Crippen molar-refractivity contribution in [2.45, 2.75) is 38.3 Å². The summed E-state index contributed by atoms with van der Waals surface area (Å²) in [6.07, 6.45) is 1.33. The lowest BCUT2D eigenvalue weighted by atomic mass is 10.0. The fraction of sp³-hybridized carbons (Fsp3) is 0.462. The Hall–Kier alpha value is -4.42. The van der Waals surface area contributed by atoms with E-state index in [4.69, 9.17) is 4.74 Å². The molecule has 3 amide bonds. The molecule has 3 aromatic rings. The number of hydrogen-bond acceptors (Lipinski definition) is 7. The van der Waals surface area contributed by atoms with E-state index in [1.165, 1.54) is 11.6 Å². The number of rotatable bonds is 6. The van der Waals surface area contributed by atoms with Crippen LogP contribution in [-0.2, 0) is 34.4 Å². The van der Waals surface area contributed by atoms with Crippen LogP contribution in [0.5, 0.6) is 0 Å². The number of H-pyrrole nitrogens is 2. The van der Waals surface area contributed by atoms with Crippen LogP contribution in [-0.4, -0.2) is 90.9 Å². The number of nitrogens with one attached hydrogen (secondary N) is 2. The van der Waals surface area contributed by atoms with Gasteiger partial charge < -0.3 is 24.4 Å². The number of amides is 3. The Labute approximate surface area is 223 Å². The van der Waals surface area contributed by atoms with Crippen LogP contribution in [0.1, 0.15) is 30.7 Å². The van der Waals surface area contributed by atoms with Gasteiger partial charge in [0.05, 0.1) is 6.54 Å². The summed E-state index contributed by atoms with van der Waals surface area (Å²) in [6.45, 7) is 2.12. The minimum Gasteiger partial charge on any atom is -0.445 e. The molecule has 2 N–H and O–H groups in total. The van der Waals surface area contributed by atoms with Gasteiger partial charge in [0.25, 0.3) is 5.56 Å². The molecule has 13 nitrogen and oxygen atoms in total. The Morgan fingerprint density at radius 1 is 1.00 bits per heavy atom. The molecule has 0 saturated carbocycles. The molecule has 0 aliphatic carbocycles. The second kappa shape index (κ2) is 11.1. The van der Waals surface area contributed by atoms with Crippen LogP contribution in [0.2, 0.25) is 0 Å². The third-order valence-electron chi connectivity index (χ3n) is 7.36. The van der Waals surface area contributed by atoms with Gasteiger partial charge in [-0.05, 0) is 18.4 Å². The van der Waals surface area contributed by atoms with E-state index in [0.717, 1.165) is 5.56 Å². The largest absolute Gasteiger partial charge is 0.445 e. The van der Waals surface area contributed by atoms with Crippen molar-refractivity contribution in [3.63, 3.8) is 0 Å². The van der Waals surface area contributed by atoms with Crippen LogP contribution >= 0.6 is 0 Å². The molecule has 2 aliphatic heterocycles. The topological polar surface area (TPSA) is 154 Å². The minimum absolute atomic E-state index is 0.00641. The third-order valence-corrected chi connectivity index (χ3v) is 7.36. The van der Waals surface area contributed by atoms with Gasteiger partial charge >= 0.3 is 11.8 Å². The zero-order chi connectivity index (χ0) is 27.5. The summed E-state index contributed by atoms with van der Waals surface area (Å²) in [5.41, 5.74) is 0.212. The molecule has 2 saturated heterocycles. The maximum absolute atomic E-state index is 12.9. The molecule has 4 heterocycles. The summed E-state index contributed by atoms with van der Waals surface area (Å²) in [7, 11) is 1.50. The fourth-order valence-electron chi connectivity index (χ4n) is 5.11. The maximum Gasteiger partial charge on any atom is 0.410 e. The van der Waals surface area contributed by atoms with Crippen molar-refractivity contribution in [1.29, 1.82) is 0 Å². The van der Waals surface area contributed by atoms with Gasteiger partial charge in [-0.2, -0.15) is 0 Å². The van der Waals surface area contributed by atoms with Crippen LogP contribution in [0.4, 0.5) is 4.79 Å². The summed E-state index contributed by atoms with van der Waals surface area (Å²) in [5, 5.41) is 0. The van der Waals surface area contributed by atoms with Crippen molar-refractivity contribution < 1.29 is 19.1 Å². The Kier molecular flexibility index (Phi) is 7.48. The smallest absolute Gasteiger partial charge is 0.410 e. The zero-order valence-electron chi connectivity index (χ0n) is 21.7. The molecular formula is C26H31N7O6. The van der Waals surface area contributed by atoms with Gasteiger partial charge in [-0.15, -0.1) is 0 Å². The highest BCUT2D eigenvalue weighted by atomic mass is 16.6. The molecule has 0 radical (unpaired) electrons. The van der Waals surface area contributed by atoms with Gasteiger partial charge in [0.2, 0.25) is 11.8 Å². The summed E-state index contributed by atoms with van der Waals surface area (Å²) in [4.78, 5) is 76.3. The maximum atomic E-state index is 12.9. The number of fused-ring (bicyclic) bond motifs is 1. The molecule has 0 bridgehead atoms.